The Morgan fingerprint density at radius 2 is 1.96 bits per heavy atom. The minimum Gasteiger partial charge on any atom is -0.340 e. The predicted octanol–water partition coefficient (Wildman–Crippen LogP) is 3.81. The van der Waals surface area contributed by atoms with Gasteiger partial charge in [-0.25, -0.2) is 4.98 Å². The molecule has 4 rings (SSSR count). The van der Waals surface area contributed by atoms with Gasteiger partial charge in [0.25, 0.3) is 0 Å². The SMILES string of the molecule is O=C(CC1C=CCC1)N1CCN(Cc2csc(-c3ccccc3)n2)CC1. The summed E-state index contributed by atoms with van der Waals surface area (Å²) < 4.78 is 0. The van der Waals surface area contributed by atoms with Crippen molar-refractivity contribution in [2.75, 3.05) is 26.2 Å². The molecule has 4 nitrogen and oxygen atoms in total. The Morgan fingerprint density at radius 1 is 1.15 bits per heavy atom. The molecule has 1 unspecified atom stereocenters. The van der Waals surface area contributed by atoms with Gasteiger partial charge < -0.3 is 4.90 Å². The third-order valence-electron chi connectivity index (χ3n) is 5.23. The average Bonchev–Trinajstić information content (AvgIpc) is 3.35. The van der Waals surface area contributed by atoms with Crippen LogP contribution in [0.4, 0.5) is 0 Å². The number of amides is 1. The summed E-state index contributed by atoms with van der Waals surface area (Å²) in [6.07, 6.45) is 7.36. The Labute approximate surface area is 159 Å². The van der Waals surface area contributed by atoms with Crippen LogP contribution < -0.4 is 0 Å². The van der Waals surface area contributed by atoms with Crippen molar-refractivity contribution in [1.82, 2.24) is 14.8 Å². The number of thiazole rings is 1. The van der Waals surface area contributed by atoms with Crippen LogP contribution in [0.1, 0.15) is 25.0 Å². The molecule has 136 valence electrons. The molecule has 1 aliphatic heterocycles. The van der Waals surface area contributed by atoms with Gasteiger partial charge in [-0.15, -0.1) is 11.3 Å². The maximum Gasteiger partial charge on any atom is 0.223 e. The molecule has 1 aromatic carbocycles. The van der Waals surface area contributed by atoms with E-state index in [1.54, 1.807) is 11.3 Å². The number of hydrogen-bond acceptors (Lipinski definition) is 4. The first-order valence-electron chi connectivity index (χ1n) is 9.44. The number of carbonyl (C=O) groups is 1. The summed E-state index contributed by atoms with van der Waals surface area (Å²) in [6, 6.07) is 10.3. The van der Waals surface area contributed by atoms with Crippen LogP contribution in [-0.4, -0.2) is 46.9 Å². The van der Waals surface area contributed by atoms with Crippen LogP contribution in [0.2, 0.25) is 0 Å². The van der Waals surface area contributed by atoms with Crippen LogP contribution in [0.25, 0.3) is 10.6 Å². The molecule has 26 heavy (non-hydrogen) atoms. The van der Waals surface area contributed by atoms with E-state index in [0.29, 0.717) is 18.2 Å². The summed E-state index contributed by atoms with van der Waals surface area (Å²) in [5.74, 6) is 0.785. The summed E-state index contributed by atoms with van der Waals surface area (Å²) in [6.45, 7) is 4.42. The molecule has 0 radical (unpaired) electrons. The zero-order valence-corrected chi connectivity index (χ0v) is 15.8. The Balaban J connectivity index is 1.27. The summed E-state index contributed by atoms with van der Waals surface area (Å²) in [7, 11) is 0. The first kappa shape index (κ1) is 17.4. The zero-order valence-electron chi connectivity index (χ0n) is 15.0. The number of rotatable bonds is 5. The fraction of sp³-hybridized carbons (Fsp3) is 0.429. The van der Waals surface area contributed by atoms with Gasteiger partial charge in [0.2, 0.25) is 5.91 Å². The van der Waals surface area contributed by atoms with E-state index in [4.69, 9.17) is 4.98 Å². The molecule has 0 N–H and O–H groups in total. The van der Waals surface area contributed by atoms with Gasteiger partial charge in [0.15, 0.2) is 0 Å². The quantitative estimate of drug-likeness (QED) is 0.754. The third-order valence-corrected chi connectivity index (χ3v) is 6.17. The molecule has 1 fully saturated rings. The van der Waals surface area contributed by atoms with Crippen molar-refractivity contribution < 1.29 is 4.79 Å². The lowest BCUT2D eigenvalue weighted by molar-refractivity contribution is -0.133. The van der Waals surface area contributed by atoms with Gasteiger partial charge in [0, 0.05) is 50.1 Å². The molecule has 2 heterocycles. The second kappa shape index (κ2) is 8.14. The first-order valence-corrected chi connectivity index (χ1v) is 10.3. The highest BCUT2D eigenvalue weighted by molar-refractivity contribution is 7.13. The van der Waals surface area contributed by atoms with Crippen molar-refractivity contribution in [3.8, 4) is 10.6 Å². The molecule has 0 spiro atoms. The summed E-state index contributed by atoms with van der Waals surface area (Å²) in [5, 5.41) is 3.24. The molecule has 2 aromatic rings. The second-order valence-electron chi connectivity index (χ2n) is 7.14. The number of piperazine rings is 1. The number of carbonyl (C=O) groups excluding carboxylic acids is 1. The van der Waals surface area contributed by atoms with Crippen molar-refractivity contribution in [2.45, 2.75) is 25.8 Å². The zero-order chi connectivity index (χ0) is 17.8. The van der Waals surface area contributed by atoms with Crippen molar-refractivity contribution in [2.24, 2.45) is 5.92 Å². The van der Waals surface area contributed by atoms with E-state index in [1.807, 2.05) is 23.1 Å². The standard InChI is InChI=1S/C21H25N3OS/c25-20(14-17-6-4-5-7-17)24-12-10-23(11-13-24)15-19-16-26-21(22-19)18-8-2-1-3-9-18/h1-4,6,8-9,16-17H,5,7,10-15H2. The number of benzene rings is 1. The normalized spacial score (nSPS) is 20.6. The summed E-state index contributed by atoms with van der Waals surface area (Å²) in [4.78, 5) is 21.7. The van der Waals surface area contributed by atoms with Gasteiger partial charge in [-0.3, -0.25) is 9.69 Å². The van der Waals surface area contributed by atoms with Crippen molar-refractivity contribution >= 4 is 17.2 Å². The number of allylic oxidation sites excluding steroid dienone is 2. The van der Waals surface area contributed by atoms with E-state index in [2.05, 4.69) is 34.6 Å². The van der Waals surface area contributed by atoms with Gasteiger partial charge >= 0.3 is 0 Å². The topological polar surface area (TPSA) is 36.4 Å². The molecule has 1 saturated heterocycles. The molecule has 5 heteroatoms. The van der Waals surface area contributed by atoms with E-state index in [0.717, 1.165) is 56.3 Å². The van der Waals surface area contributed by atoms with Crippen LogP contribution in [0.3, 0.4) is 0 Å². The minimum atomic E-state index is 0.321. The highest BCUT2D eigenvalue weighted by Crippen LogP contribution is 2.24. The second-order valence-corrected chi connectivity index (χ2v) is 7.99. The molecular weight excluding hydrogens is 342 g/mol. The fourth-order valence-electron chi connectivity index (χ4n) is 3.70. The van der Waals surface area contributed by atoms with Gasteiger partial charge in [0.1, 0.15) is 5.01 Å². The highest BCUT2D eigenvalue weighted by Gasteiger charge is 2.24. The molecule has 0 bridgehead atoms. The summed E-state index contributed by atoms with van der Waals surface area (Å²) >= 11 is 1.71. The number of hydrogen-bond donors (Lipinski definition) is 0. The van der Waals surface area contributed by atoms with Crippen molar-refractivity contribution in [3.05, 3.63) is 53.6 Å². The van der Waals surface area contributed by atoms with E-state index < -0.39 is 0 Å². The fourth-order valence-corrected chi connectivity index (χ4v) is 4.51. The van der Waals surface area contributed by atoms with Crippen LogP contribution in [0, 0.1) is 5.92 Å². The lowest BCUT2D eigenvalue weighted by Crippen LogP contribution is -2.48. The Kier molecular flexibility index (Phi) is 5.46. The lowest BCUT2D eigenvalue weighted by Gasteiger charge is -2.34. The van der Waals surface area contributed by atoms with Gasteiger partial charge in [-0.05, 0) is 18.8 Å². The Hall–Kier alpha value is -1.98. The van der Waals surface area contributed by atoms with Crippen LogP contribution in [0.15, 0.2) is 47.9 Å². The maximum absolute atomic E-state index is 12.4. The number of nitrogens with zero attached hydrogens (tertiary/aromatic N) is 3. The molecule has 1 aromatic heterocycles. The van der Waals surface area contributed by atoms with Crippen LogP contribution in [0.5, 0.6) is 0 Å². The van der Waals surface area contributed by atoms with Crippen molar-refractivity contribution in [3.63, 3.8) is 0 Å². The molecular formula is C21H25N3OS. The minimum absolute atomic E-state index is 0.321. The smallest absolute Gasteiger partial charge is 0.223 e. The molecule has 1 amide bonds. The molecule has 2 aliphatic rings. The van der Waals surface area contributed by atoms with E-state index in [-0.39, 0.29) is 0 Å². The highest BCUT2D eigenvalue weighted by atomic mass is 32.1. The van der Waals surface area contributed by atoms with Crippen molar-refractivity contribution in [1.29, 1.82) is 0 Å². The van der Waals surface area contributed by atoms with Gasteiger partial charge in [0.05, 0.1) is 5.69 Å². The molecule has 1 aliphatic carbocycles. The van der Waals surface area contributed by atoms with Crippen LogP contribution >= 0.6 is 11.3 Å². The van der Waals surface area contributed by atoms with Gasteiger partial charge in [-0.1, -0.05) is 42.5 Å². The van der Waals surface area contributed by atoms with Crippen LogP contribution in [-0.2, 0) is 11.3 Å². The number of aromatic nitrogens is 1. The predicted molar refractivity (Wildman–Crippen MR) is 106 cm³/mol. The van der Waals surface area contributed by atoms with E-state index in [1.165, 1.54) is 5.56 Å². The van der Waals surface area contributed by atoms with E-state index in [9.17, 15) is 4.79 Å². The third kappa shape index (κ3) is 4.22. The monoisotopic (exact) mass is 367 g/mol. The lowest BCUT2D eigenvalue weighted by atomic mass is 10.0. The van der Waals surface area contributed by atoms with Gasteiger partial charge in [-0.2, -0.15) is 0 Å². The largest absolute Gasteiger partial charge is 0.340 e. The first-order chi connectivity index (χ1) is 12.8. The molecule has 1 atom stereocenters. The summed E-state index contributed by atoms with van der Waals surface area (Å²) in [5.41, 5.74) is 2.31. The Bertz CT molecular complexity index is 763. The average molecular weight is 368 g/mol. The van der Waals surface area contributed by atoms with E-state index >= 15 is 0 Å². The maximum atomic E-state index is 12.4. The molecule has 0 saturated carbocycles. The Morgan fingerprint density at radius 3 is 2.69 bits per heavy atom.